The number of pyridine rings is 1. The second kappa shape index (κ2) is 15.0. The van der Waals surface area contributed by atoms with Crippen molar-refractivity contribution in [1.29, 1.82) is 0 Å². The van der Waals surface area contributed by atoms with E-state index in [1.165, 1.54) is 16.7 Å². The van der Waals surface area contributed by atoms with Crippen LogP contribution in [0.4, 0.5) is 0 Å². The Morgan fingerprint density at radius 2 is 1.52 bits per heavy atom. The predicted octanol–water partition coefficient (Wildman–Crippen LogP) is 9.01. The molecule has 29 heavy (non-hydrogen) atoms. The molecule has 154 valence electrons. The fourth-order valence-corrected chi connectivity index (χ4v) is 2.82. The third-order valence-corrected chi connectivity index (χ3v) is 4.07. The minimum absolute atomic E-state index is 0.943. The molecule has 0 N–H and O–H groups in total. The van der Waals surface area contributed by atoms with Gasteiger partial charge in [-0.05, 0) is 55.2 Å². The molecule has 1 heterocycles. The highest BCUT2D eigenvalue weighted by Gasteiger charge is 2.06. The van der Waals surface area contributed by atoms with Crippen LogP contribution in [-0.4, -0.2) is 4.98 Å². The van der Waals surface area contributed by atoms with Crippen LogP contribution in [0.2, 0.25) is 0 Å². The summed E-state index contributed by atoms with van der Waals surface area (Å²) in [5, 5.41) is 0. The summed E-state index contributed by atoms with van der Waals surface area (Å²) in [5.74, 6) is 0. The first-order valence-electron chi connectivity index (χ1n) is 10.5. The van der Waals surface area contributed by atoms with E-state index in [1.54, 1.807) is 0 Å². The zero-order chi connectivity index (χ0) is 22.2. The van der Waals surface area contributed by atoms with Crippen molar-refractivity contribution in [3.8, 4) is 11.3 Å². The largest absolute Gasteiger partial charge is 0.248 e. The Hall–Kier alpha value is -2.93. The van der Waals surface area contributed by atoms with Crippen molar-refractivity contribution in [1.82, 2.24) is 4.98 Å². The standard InChI is InChI=1S/C24H25N.2C2H6/c1-6-10-18(5)22(9-4)20-12-14-21(15-13-20)24-17-16-19(8-3)23(25-24)11-7-2;2*1-2/h6-17H,1,3H2,2,4-5H3;2*1-2H3/b11-7-,18-10+,22-9+;;. The van der Waals surface area contributed by atoms with Crippen LogP contribution in [0.15, 0.2) is 79.4 Å². The molecule has 0 saturated carbocycles. The van der Waals surface area contributed by atoms with E-state index in [0.29, 0.717) is 0 Å². The van der Waals surface area contributed by atoms with Gasteiger partial charge >= 0.3 is 0 Å². The SMILES string of the molecule is C=C/C=C(C)/C(=C\C)c1ccc(-c2ccc(C=C)c(/C=C\C)n2)cc1.CC.CC. The first-order valence-corrected chi connectivity index (χ1v) is 10.5. The average molecular weight is 388 g/mol. The lowest BCUT2D eigenvalue weighted by Crippen LogP contribution is -1.92. The van der Waals surface area contributed by atoms with Crippen molar-refractivity contribution >= 4 is 17.7 Å². The number of aromatic nitrogens is 1. The van der Waals surface area contributed by atoms with Crippen LogP contribution in [0.25, 0.3) is 29.0 Å². The van der Waals surface area contributed by atoms with Gasteiger partial charge in [0.2, 0.25) is 0 Å². The number of hydrogen-bond acceptors (Lipinski definition) is 1. The molecule has 0 aliphatic rings. The van der Waals surface area contributed by atoms with Crippen LogP contribution in [0.5, 0.6) is 0 Å². The van der Waals surface area contributed by atoms with Gasteiger partial charge in [0.1, 0.15) is 0 Å². The van der Waals surface area contributed by atoms with Crippen LogP contribution in [0, 0.1) is 0 Å². The third-order valence-electron chi connectivity index (χ3n) is 4.07. The topological polar surface area (TPSA) is 12.9 Å². The molecule has 0 atom stereocenters. The lowest BCUT2D eigenvalue weighted by Gasteiger charge is -2.10. The third kappa shape index (κ3) is 7.54. The van der Waals surface area contributed by atoms with Gasteiger partial charge in [-0.25, -0.2) is 4.98 Å². The van der Waals surface area contributed by atoms with Crippen molar-refractivity contribution in [2.45, 2.75) is 48.5 Å². The molecule has 0 amide bonds. The molecule has 1 heteroatoms. The fourth-order valence-electron chi connectivity index (χ4n) is 2.82. The fraction of sp³-hybridized carbons (Fsp3) is 0.250. The molecule has 0 aliphatic carbocycles. The number of allylic oxidation sites excluding steroid dienone is 6. The lowest BCUT2D eigenvalue weighted by molar-refractivity contribution is 1.28. The molecular formula is C28H37N. The molecule has 0 radical (unpaired) electrons. The first kappa shape index (κ1) is 26.1. The maximum atomic E-state index is 4.77. The van der Waals surface area contributed by atoms with E-state index in [4.69, 9.17) is 4.98 Å². The number of hydrogen-bond donors (Lipinski definition) is 0. The monoisotopic (exact) mass is 387 g/mol. The zero-order valence-corrected chi connectivity index (χ0v) is 19.3. The van der Waals surface area contributed by atoms with E-state index in [0.717, 1.165) is 22.5 Å². The molecule has 0 fully saturated rings. The Morgan fingerprint density at radius 3 is 2.00 bits per heavy atom. The van der Waals surface area contributed by atoms with Crippen LogP contribution in [0.3, 0.4) is 0 Å². The van der Waals surface area contributed by atoms with E-state index in [9.17, 15) is 0 Å². The lowest BCUT2D eigenvalue weighted by atomic mass is 9.96. The van der Waals surface area contributed by atoms with Gasteiger partial charge in [-0.1, -0.05) is 102 Å². The van der Waals surface area contributed by atoms with Gasteiger partial charge < -0.3 is 0 Å². The summed E-state index contributed by atoms with van der Waals surface area (Å²) in [5.41, 5.74) is 7.66. The van der Waals surface area contributed by atoms with Gasteiger partial charge in [-0.3, -0.25) is 0 Å². The summed E-state index contributed by atoms with van der Waals surface area (Å²) >= 11 is 0. The molecule has 2 aromatic rings. The van der Waals surface area contributed by atoms with E-state index < -0.39 is 0 Å². The number of rotatable bonds is 6. The predicted molar refractivity (Wildman–Crippen MR) is 135 cm³/mol. The van der Waals surface area contributed by atoms with Crippen LogP contribution < -0.4 is 0 Å². The summed E-state index contributed by atoms with van der Waals surface area (Å²) in [6, 6.07) is 12.6. The minimum atomic E-state index is 0.943. The second-order valence-corrected chi connectivity index (χ2v) is 5.74. The molecule has 1 aromatic heterocycles. The Morgan fingerprint density at radius 1 is 0.897 bits per heavy atom. The summed E-state index contributed by atoms with van der Waals surface area (Å²) in [6.45, 7) is 21.8. The maximum absolute atomic E-state index is 4.77. The summed E-state index contributed by atoms with van der Waals surface area (Å²) in [7, 11) is 0. The zero-order valence-electron chi connectivity index (χ0n) is 19.3. The maximum Gasteiger partial charge on any atom is 0.0709 e. The molecule has 1 nitrogen and oxygen atoms in total. The van der Waals surface area contributed by atoms with Gasteiger partial charge in [-0.2, -0.15) is 0 Å². The summed E-state index contributed by atoms with van der Waals surface area (Å²) in [6.07, 6.45) is 11.8. The van der Waals surface area contributed by atoms with E-state index in [-0.39, 0.29) is 0 Å². The van der Waals surface area contributed by atoms with Gasteiger partial charge in [0.15, 0.2) is 0 Å². The van der Waals surface area contributed by atoms with Gasteiger partial charge in [-0.15, -0.1) is 0 Å². The van der Waals surface area contributed by atoms with Crippen molar-refractivity contribution < 1.29 is 0 Å². The van der Waals surface area contributed by atoms with Crippen LogP contribution in [-0.2, 0) is 0 Å². The second-order valence-electron chi connectivity index (χ2n) is 5.74. The molecule has 0 bridgehead atoms. The smallest absolute Gasteiger partial charge is 0.0709 e. The minimum Gasteiger partial charge on any atom is -0.248 e. The molecule has 0 spiro atoms. The van der Waals surface area contributed by atoms with Crippen molar-refractivity contribution in [2.75, 3.05) is 0 Å². The highest BCUT2D eigenvalue weighted by atomic mass is 14.7. The van der Waals surface area contributed by atoms with Gasteiger partial charge in [0.05, 0.1) is 11.4 Å². The summed E-state index contributed by atoms with van der Waals surface area (Å²) in [4.78, 5) is 4.77. The van der Waals surface area contributed by atoms with Gasteiger partial charge in [0, 0.05) is 5.56 Å². The Kier molecular flexibility index (Phi) is 13.5. The normalized spacial score (nSPS) is 11.1. The van der Waals surface area contributed by atoms with Crippen molar-refractivity contribution in [3.05, 3.63) is 96.3 Å². The quantitative estimate of drug-likeness (QED) is 0.450. The Balaban J connectivity index is 0.00000184. The highest BCUT2D eigenvalue weighted by molar-refractivity contribution is 5.80. The van der Waals surface area contributed by atoms with Crippen molar-refractivity contribution in [3.63, 3.8) is 0 Å². The molecule has 0 aliphatic heterocycles. The molecule has 1 aromatic carbocycles. The number of benzene rings is 1. The van der Waals surface area contributed by atoms with Crippen LogP contribution in [0.1, 0.15) is 65.3 Å². The summed E-state index contributed by atoms with van der Waals surface area (Å²) < 4.78 is 0. The highest BCUT2D eigenvalue weighted by Crippen LogP contribution is 2.26. The molecule has 0 unspecified atom stereocenters. The van der Waals surface area contributed by atoms with Crippen molar-refractivity contribution in [2.24, 2.45) is 0 Å². The van der Waals surface area contributed by atoms with Gasteiger partial charge in [0.25, 0.3) is 0 Å². The molecular weight excluding hydrogens is 350 g/mol. The first-order chi connectivity index (χ1) is 14.1. The van der Waals surface area contributed by atoms with E-state index in [1.807, 2.05) is 71.1 Å². The molecule has 0 saturated heterocycles. The number of nitrogens with zero attached hydrogens (tertiary/aromatic N) is 1. The van der Waals surface area contributed by atoms with E-state index in [2.05, 4.69) is 63.4 Å². The average Bonchev–Trinajstić information content (AvgIpc) is 2.78. The molecule has 2 rings (SSSR count). The van der Waals surface area contributed by atoms with E-state index >= 15 is 0 Å². The Bertz CT molecular complexity index is 846. The Labute approximate surface area is 178 Å². The van der Waals surface area contributed by atoms with Crippen LogP contribution >= 0.6 is 0 Å².